The number of aliphatic hydroxyl groups is 1. The summed E-state index contributed by atoms with van der Waals surface area (Å²) in [5.41, 5.74) is 22.4. The molecule has 4 heteroatoms. The maximum Gasteiger partial charge on any atom is 0.0472 e. The lowest BCUT2D eigenvalue weighted by Crippen LogP contribution is -2.01. The largest absolute Gasteiger partial charge is 0.399 e. The third-order valence-corrected chi connectivity index (χ3v) is 2.95. The molecule has 4 nitrogen and oxygen atoms in total. The molecule has 2 aromatic rings. The van der Waals surface area contributed by atoms with E-state index in [1.165, 1.54) is 0 Å². The van der Waals surface area contributed by atoms with Gasteiger partial charge in [-0.3, -0.25) is 0 Å². The number of rotatable bonds is 3. The molecule has 0 aliphatic carbocycles. The molecule has 0 fully saturated rings. The Morgan fingerprint density at radius 3 is 2.44 bits per heavy atom. The molecule has 7 N–H and O–H groups in total. The number of benzene rings is 2. The second kappa shape index (κ2) is 4.98. The van der Waals surface area contributed by atoms with Gasteiger partial charge in [0.25, 0.3) is 0 Å². The van der Waals surface area contributed by atoms with E-state index in [1.54, 1.807) is 12.1 Å². The Morgan fingerprint density at radius 1 is 0.944 bits per heavy atom. The summed E-state index contributed by atoms with van der Waals surface area (Å²) in [5.74, 6) is 0. The zero-order valence-corrected chi connectivity index (χ0v) is 10.1. The van der Waals surface area contributed by atoms with E-state index in [4.69, 9.17) is 22.3 Å². The van der Waals surface area contributed by atoms with E-state index in [1.807, 2.05) is 24.3 Å². The van der Waals surface area contributed by atoms with E-state index < -0.39 is 0 Å². The quantitative estimate of drug-likeness (QED) is 0.616. The van der Waals surface area contributed by atoms with Crippen molar-refractivity contribution in [1.82, 2.24) is 0 Å². The molecule has 0 aliphatic heterocycles. The van der Waals surface area contributed by atoms with Crippen LogP contribution in [0.3, 0.4) is 0 Å². The van der Waals surface area contributed by atoms with Gasteiger partial charge in [0.1, 0.15) is 0 Å². The maximum atomic E-state index is 9.00. The first kappa shape index (κ1) is 12.3. The van der Waals surface area contributed by atoms with Crippen LogP contribution in [0.1, 0.15) is 5.56 Å². The molecule has 0 unspecified atom stereocenters. The predicted octanol–water partition coefficient (Wildman–Crippen LogP) is 1.64. The van der Waals surface area contributed by atoms with Gasteiger partial charge in [-0.25, -0.2) is 0 Å². The van der Waals surface area contributed by atoms with Gasteiger partial charge in [-0.15, -0.1) is 0 Å². The SMILES string of the molecule is Nc1ccc(N)c(-c2cccc(CCO)c2N)c1. The Bertz CT molecular complexity index is 567. The van der Waals surface area contributed by atoms with Crippen molar-refractivity contribution < 1.29 is 5.11 Å². The molecular weight excluding hydrogens is 226 g/mol. The highest BCUT2D eigenvalue weighted by Gasteiger charge is 2.09. The van der Waals surface area contributed by atoms with Crippen molar-refractivity contribution in [2.24, 2.45) is 0 Å². The van der Waals surface area contributed by atoms with Crippen molar-refractivity contribution in [2.45, 2.75) is 6.42 Å². The summed E-state index contributed by atoms with van der Waals surface area (Å²) in [6.07, 6.45) is 0.530. The van der Waals surface area contributed by atoms with Crippen LogP contribution in [0, 0.1) is 0 Å². The second-order valence-corrected chi connectivity index (χ2v) is 4.20. The first-order chi connectivity index (χ1) is 8.63. The molecule has 0 amide bonds. The normalized spacial score (nSPS) is 10.5. The molecule has 0 heterocycles. The van der Waals surface area contributed by atoms with E-state index in [-0.39, 0.29) is 6.61 Å². The molecule has 0 saturated carbocycles. The highest BCUT2D eigenvalue weighted by atomic mass is 16.2. The zero-order chi connectivity index (χ0) is 13.1. The van der Waals surface area contributed by atoms with Crippen molar-refractivity contribution >= 4 is 17.1 Å². The molecule has 2 aromatic carbocycles. The molecule has 0 aliphatic rings. The molecule has 0 atom stereocenters. The van der Waals surface area contributed by atoms with E-state index in [0.717, 1.165) is 16.7 Å². The van der Waals surface area contributed by atoms with Crippen LogP contribution in [0.4, 0.5) is 17.1 Å². The summed E-state index contributed by atoms with van der Waals surface area (Å²) in [5, 5.41) is 9.00. The first-order valence-corrected chi connectivity index (χ1v) is 5.77. The molecule has 0 bridgehead atoms. The van der Waals surface area contributed by atoms with Crippen LogP contribution in [-0.2, 0) is 6.42 Å². The van der Waals surface area contributed by atoms with Gasteiger partial charge in [0.2, 0.25) is 0 Å². The van der Waals surface area contributed by atoms with Crippen molar-refractivity contribution in [3.8, 4) is 11.1 Å². The minimum absolute atomic E-state index is 0.0695. The third kappa shape index (κ3) is 2.24. The summed E-state index contributed by atoms with van der Waals surface area (Å²) in [4.78, 5) is 0. The summed E-state index contributed by atoms with van der Waals surface area (Å²) in [6, 6.07) is 11.0. The number of nitrogen functional groups attached to an aromatic ring is 3. The number of hydrogen-bond acceptors (Lipinski definition) is 4. The van der Waals surface area contributed by atoms with Gasteiger partial charge < -0.3 is 22.3 Å². The fourth-order valence-corrected chi connectivity index (χ4v) is 1.99. The fraction of sp³-hybridized carbons (Fsp3) is 0.143. The van der Waals surface area contributed by atoms with Gasteiger partial charge in [-0.1, -0.05) is 18.2 Å². The number of aliphatic hydroxyl groups excluding tert-OH is 1. The van der Waals surface area contributed by atoms with E-state index in [9.17, 15) is 0 Å². The fourth-order valence-electron chi connectivity index (χ4n) is 1.99. The summed E-state index contributed by atoms with van der Waals surface area (Å²) in [7, 11) is 0. The highest BCUT2D eigenvalue weighted by molar-refractivity contribution is 5.87. The molecule has 2 rings (SSSR count). The second-order valence-electron chi connectivity index (χ2n) is 4.20. The van der Waals surface area contributed by atoms with Gasteiger partial charge in [-0.2, -0.15) is 0 Å². The average Bonchev–Trinajstić information content (AvgIpc) is 2.35. The van der Waals surface area contributed by atoms with E-state index in [2.05, 4.69) is 0 Å². The molecular formula is C14H17N3O. The van der Waals surface area contributed by atoms with Crippen LogP contribution >= 0.6 is 0 Å². The molecule has 0 aromatic heterocycles. The minimum atomic E-state index is 0.0695. The number of hydrogen-bond donors (Lipinski definition) is 4. The predicted molar refractivity (Wildman–Crippen MR) is 75.9 cm³/mol. The summed E-state index contributed by atoms with van der Waals surface area (Å²) >= 11 is 0. The number of nitrogens with two attached hydrogens (primary N) is 3. The monoisotopic (exact) mass is 243 g/mol. The molecule has 0 saturated heterocycles. The number of anilines is 3. The lowest BCUT2D eigenvalue weighted by atomic mass is 9.97. The van der Waals surface area contributed by atoms with Gasteiger partial charge in [0, 0.05) is 34.8 Å². The highest BCUT2D eigenvalue weighted by Crippen LogP contribution is 2.33. The van der Waals surface area contributed by atoms with E-state index >= 15 is 0 Å². The van der Waals surface area contributed by atoms with Crippen LogP contribution in [0.5, 0.6) is 0 Å². The topological polar surface area (TPSA) is 98.3 Å². The molecule has 0 radical (unpaired) electrons. The molecule has 0 spiro atoms. The first-order valence-electron chi connectivity index (χ1n) is 5.77. The lowest BCUT2D eigenvalue weighted by molar-refractivity contribution is 0.300. The van der Waals surface area contributed by atoms with Gasteiger partial charge in [-0.05, 0) is 30.2 Å². The molecule has 18 heavy (non-hydrogen) atoms. The summed E-state index contributed by atoms with van der Waals surface area (Å²) < 4.78 is 0. The van der Waals surface area contributed by atoms with Crippen molar-refractivity contribution in [3.05, 3.63) is 42.0 Å². The van der Waals surface area contributed by atoms with Gasteiger partial charge >= 0.3 is 0 Å². The summed E-state index contributed by atoms with van der Waals surface area (Å²) in [6.45, 7) is 0.0695. The Balaban J connectivity index is 2.57. The lowest BCUT2D eigenvalue weighted by Gasteiger charge is -2.13. The van der Waals surface area contributed by atoms with Crippen LogP contribution in [-0.4, -0.2) is 11.7 Å². The standard InChI is InChI=1S/C14H17N3O/c15-10-4-5-13(16)12(8-10)11-3-1-2-9(6-7-18)14(11)17/h1-5,8,18H,6-7,15-17H2. The average molecular weight is 243 g/mol. The Kier molecular flexibility index (Phi) is 3.39. The van der Waals surface area contributed by atoms with Crippen LogP contribution < -0.4 is 17.2 Å². The van der Waals surface area contributed by atoms with Crippen LogP contribution in [0.15, 0.2) is 36.4 Å². The molecule has 94 valence electrons. The van der Waals surface area contributed by atoms with E-state index in [0.29, 0.717) is 23.5 Å². The Hall–Kier alpha value is -2.20. The zero-order valence-electron chi connectivity index (χ0n) is 10.1. The minimum Gasteiger partial charge on any atom is -0.399 e. The van der Waals surface area contributed by atoms with Crippen LogP contribution in [0.2, 0.25) is 0 Å². The Morgan fingerprint density at radius 2 is 1.72 bits per heavy atom. The van der Waals surface area contributed by atoms with Crippen LogP contribution in [0.25, 0.3) is 11.1 Å². The third-order valence-electron chi connectivity index (χ3n) is 2.95. The number of para-hydroxylation sites is 1. The van der Waals surface area contributed by atoms with Crippen molar-refractivity contribution in [3.63, 3.8) is 0 Å². The smallest absolute Gasteiger partial charge is 0.0472 e. The van der Waals surface area contributed by atoms with Gasteiger partial charge in [0.15, 0.2) is 0 Å². The van der Waals surface area contributed by atoms with Crippen molar-refractivity contribution in [1.29, 1.82) is 0 Å². The Labute approximate surface area is 106 Å². The van der Waals surface area contributed by atoms with Gasteiger partial charge in [0.05, 0.1) is 0 Å². The maximum absolute atomic E-state index is 9.00. The van der Waals surface area contributed by atoms with Crippen molar-refractivity contribution in [2.75, 3.05) is 23.8 Å².